The summed E-state index contributed by atoms with van der Waals surface area (Å²) in [6.07, 6.45) is 9.39. The van der Waals surface area contributed by atoms with Crippen LogP contribution in [-0.2, 0) is 6.42 Å². The summed E-state index contributed by atoms with van der Waals surface area (Å²) in [5.41, 5.74) is 1.37. The van der Waals surface area contributed by atoms with E-state index < -0.39 is 0 Å². The van der Waals surface area contributed by atoms with Crippen molar-refractivity contribution in [3.8, 4) is 0 Å². The number of allylic oxidation sites excluding steroid dienone is 2. The molecule has 0 saturated heterocycles. The lowest BCUT2D eigenvalue weighted by atomic mass is 10.1. The van der Waals surface area contributed by atoms with Gasteiger partial charge in [0, 0.05) is 0 Å². The van der Waals surface area contributed by atoms with Gasteiger partial charge in [0.05, 0.1) is 0 Å². The molecule has 0 aliphatic carbocycles. The summed E-state index contributed by atoms with van der Waals surface area (Å²) < 4.78 is 0. The molecule has 0 aliphatic heterocycles. The molecule has 0 atom stereocenters. The summed E-state index contributed by atoms with van der Waals surface area (Å²) in [7, 11) is 0. The topological polar surface area (TPSA) is 0 Å². The van der Waals surface area contributed by atoms with Gasteiger partial charge in [-0.15, -0.1) is 0 Å². The second kappa shape index (κ2) is 6.47. The van der Waals surface area contributed by atoms with Crippen LogP contribution in [0.15, 0.2) is 36.4 Å². The second-order valence-corrected chi connectivity index (χ2v) is 3.23. The lowest BCUT2D eigenvalue weighted by Crippen LogP contribution is -1.78. The Kier molecular flexibility index (Phi) is 5.00. The molecule has 0 heterocycles. The summed E-state index contributed by atoms with van der Waals surface area (Å²) in [6.45, 7) is 2.22. The van der Waals surface area contributed by atoms with E-state index in [0.29, 0.717) is 0 Å². The highest BCUT2D eigenvalue weighted by Crippen LogP contribution is 2.01. The Morgan fingerprint density at radius 3 is 2.69 bits per heavy atom. The quantitative estimate of drug-likeness (QED) is 0.469. The average Bonchev–Trinajstić information content (AvgIpc) is 2.19. The molecule has 0 heteroatoms. The van der Waals surface area contributed by atoms with Gasteiger partial charge in [-0.25, -0.2) is 0 Å². The smallest absolute Gasteiger partial charge is 0.00974 e. The monoisotopic (exact) mass is 173 g/mol. The third kappa shape index (κ3) is 4.51. The van der Waals surface area contributed by atoms with Crippen molar-refractivity contribution in [2.75, 3.05) is 0 Å². The highest BCUT2D eigenvalue weighted by Gasteiger charge is 1.85. The molecule has 13 heavy (non-hydrogen) atoms. The predicted molar refractivity (Wildman–Crippen MR) is 57.6 cm³/mol. The number of hydrogen-bond acceptors (Lipinski definition) is 0. The van der Waals surface area contributed by atoms with Crippen molar-refractivity contribution >= 4 is 0 Å². The van der Waals surface area contributed by atoms with Crippen molar-refractivity contribution in [1.29, 1.82) is 0 Å². The van der Waals surface area contributed by atoms with Gasteiger partial charge in [0.1, 0.15) is 0 Å². The van der Waals surface area contributed by atoms with Gasteiger partial charge < -0.3 is 0 Å². The first kappa shape index (κ1) is 10.0. The average molecular weight is 173 g/mol. The Morgan fingerprint density at radius 2 is 2.00 bits per heavy atom. The molecule has 1 aromatic carbocycles. The van der Waals surface area contributed by atoms with E-state index in [9.17, 15) is 0 Å². The molecule has 0 unspecified atom stereocenters. The first-order valence-electron chi connectivity index (χ1n) is 5.03. The van der Waals surface area contributed by atoms with E-state index in [4.69, 9.17) is 0 Å². The minimum Gasteiger partial charge on any atom is -0.0882 e. The molecule has 0 N–H and O–H groups in total. The molecule has 1 rings (SSSR count). The number of hydrogen-bond donors (Lipinski definition) is 0. The zero-order chi connectivity index (χ0) is 9.36. The van der Waals surface area contributed by atoms with Crippen LogP contribution in [0, 0.1) is 6.07 Å². The van der Waals surface area contributed by atoms with Crippen LogP contribution in [0.2, 0.25) is 0 Å². The first-order valence-corrected chi connectivity index (χ1v) is 5.03. The predicted octanol–water partition coefficient (Wildman–Crippen LogP) is 3.78. The summed E-state index contributed by atoms with van der Waals surface area (Å²) in [4.78, 5) is 0. The Balaban J connectivity index is 2.23. The molecule has 0 amide bonds. The summed E-state index contributed by atoms with van der Waals surface area (Å²) >= 11 is 0. The van der Waals surface area contributed by atoms with Gasteiger partial charge in [-0.1, -0.05) is 56.2 Å². The molecule has 0 bridgehead atoms. The van der Waals surface area contributed by atoms with Gasteiger partial charge in [0.25, 0.3) is 0 Å². The maximum absolute atomic E-state index is 3.02. The molecule has 0 aliphatic rings. The van der Waals surface area contributed by atoms with Crippen molar-refractivity contribution in [3.63, 3.8) is 0 Å². The molecule has 1 aromatic rings. The second-order valence-electron chi connectivity index (χ2n) is 3.23. The summed E-state index contributed by atoms with van der Waals surface area (Å²) in [5.74, 6) is 0. The minimum absolute atomic E-state index is 1.05. The fourth-order valence-electron chi connectivity index (χ4n) is 1.22. The Morgan fingerprint density at radius 1 is 1.23 bits per heavy atom. The van der Waals surface area contributed by atoms with Crippen LogP contribution < -0.4 is 0 Å². The Bertz CT molecular complexity index is 233. The van der Waals surface area contributed by atoms with Gasteiger partial charge in [0.15, 0.2) is 0 Å². The summed E-state index contributed by atoms with van der Waals surface area (Å²) in [5, 5.41) is 0. The minimum atomic E-state index is 1.05. The lowest BCUT2D eigenvalue weighted by Gasteiger charge is -1.93. The van der Waals surface area contributed by atoms with Crippen molar-refractivity contribution in [2.45, 2.75) is 32.6 Å². The maximum atomic E-state index is 3.02. The van der Waals surface area contributed by atoms with Crippen molar-refractivity contribution in [1.82, 2.24) is 0 Å². The van der Waals surface area contributed by atoms with Crippen LogP contribution in [0.5, 0.6) is 0 Å². The Hall–Kier alpha value is -1.04. The molecule has 1 radical (unpaired) electrons. The van der Waals surface area contributed by atoms with Crippen LogP contribution in [0.1, 0.15) is 31.7 Å². The number of benzene rings is 1. The maximum Gasteiger partial charge on any atom is -0.00974 e. The fraction of sp³-hybridized carbons (Fsp3) is 0.385. The zero-order valence-electron chi connectivity index (χ0n) is 8.29. The van der Waals surface area contributed by atoms with E-state index in [1.807, 2.05) is 12.1 Å². The first-order chi connectivity index (χ1) is 6.43. The molecule has 0 fully saturated rings. The number of unbranched alkanes of at least 4 members (excludes halogenated alkanes) is 2. The van der Waals surface area contributed by atoms with E-state index in [-0.39, 0.29) is 0 Å². The van der Waals surface area contributed by atoms with Crippen LogP contribution >= 0.6 is 0 Å². The van der Waals surface area contributed by atoms with Crippen LogP contribution in [0.4, 0.5) is 0 Å². The van der Waals surface area contributed by atoms with Gasteiger partial charge >= 0.3 is 0 Å². The van der Waals surface area contributed by atoms with E-state index in [0.717, 1.165) is 6.42 Å². The van der Waals surface area contributed by atoms with E-state index in [1.165, 1.54) is 24.8 Å². The molecule has 0 saturated carbocycles. The van der Waals surface area contributed by atoms with Crippen molar-refractivity contribution in [3.05, 3.63) is 48.0 Å². The SMILES string of the molecule is CCCCC=CCc1cc[c]cc1. The van der Waals surface area contributed by atoms with Crippen molar-refractivity contribution in [2.24, 2.45) is 0 Å². The third-order valence-electron chi connectivity index (χ3n) is 2.03. The van der Waals surface area contributed by atoms with Gasteiger partial charge in [0.2, 0.25) is 0 Å². The molecule has 69 valence electrons. The van der Waals surface area contributed by atoms with E-state index in [2.05, 4.69) is 37.3 Å². The highest BCUT2D eigenvalue weighted by atomic mass is 13.9. The molecule has 0 aromatic heterocycles. The largest absolute Gasteiger partial charge is 0.0882 e. The zero-order valence-corrected chi connectivity index (χ0v) is 8.29. The Labute approximate surface area is 81.3 Å². The lowest BCUT2D eigenvalue weighted by molar-refractivity contribution is 0.813. The molecular weight excluding hydrogens is 156 g/mol. The normalized spacial score (nSPS) is 10.8. The molecule has 0 nitrogen and oxygen atoms in total. The molecular formula is C13H17. The van der Waals surface area contributed by atoms with Crippen LogP contribution in [0.25, 0.3) is 0 Å². The standard InChI is InChI=1S/C13H17/c1-2-3-4-5-7-10-13-11-8-6-9-12-13/h5,7-9,11-12H,2-4,10H2,1H3. The van der Waals surface area contributed by atoms with Crippen molar-refractivity contribution < 1.29 is 0 Å². The fourth-order valence-corrected chi connectivity index (χ4v) is 1.22. The van der Waals surface area contributed by atoms with Gasteiger partial charge in [-0.3, -0.25) is 0 Å². The van der Waals surface area contributed by atoms with Crippen LogP contribution in [0.3, 0.4) is 0 Å². The van der Waals surface area contributed by atoms with Crippen LogP contribution in [-0.4, -0.2) is 0 Å². The van der Waals surface area contributed by atoms with E-state index >= 15 is 0 Å². The number of rotatable bonds is 5. The van der Waals surface area contributed by atoms with Gasteiger partial charge in [-0.05, 0) is 24.5 Å². The van der Waals surface area contributed by atoms with Gasteiger partial charge in [-0.2, -0.15) is 0 Å². The third-order valence-corrected chi connectivity index (χ3v) is 2.03. The highest BCUT2D eigenvalue weighted by molar-refractivity contribution is 5.16. The molecule has 0 spiro atoms. The summed E-state index contributed by atoms with van der Waals surface area (Å²) in [6, 6.07) is 11.2. The van der Waals surface area contributed by atoms with E-state index in [1.54, 1.807) is 0 Å².